The molecule has 4 rings (SSSR count). The minimum absolute atomic E-state index is 0.178. The maximum atomic E-state index is 10.9. The summed E-state index contributed by atoms with van der Waals surface area (Å²) in [4.78, 5) is 13.0. The summed E-state index contributed by atoms with van der Waals surface area (Å²) in [6.45, 7) is 14.2. The van der Waals surface area contributed by atoms with E-state index in [0.29, 0.717) is 10.8 Å². The lowest BCUT2D eigenvalue weighted by atomic mass is 9.47. The van der Waals surface area contributed by atoms with Crippen molar-refractivity contribution in [1.29, 1.82) is 0 Å². The zero-order valence-electron chi connectivity index (χ0n) is 24.3. The zero-order chi connectivity index (χ0) is 25.6. The Hall–Kier alpha value is 0.0500. The summed E-state index contributed by atoms with van der Waals surface area (Å²) in [7, 11) is 2.59. The van der Waals surface area contributed by atoms with E-state index in [1.54, 1.807) is 5.57 Å². The van der Waals surface area contributed by atoms with Crippen LogP contribution in [0, 0.1) is 40.4 Å². The fraction of sp³-hybridized carbons (Fsp3) is 0.935. The average molecular weight is 506 g/mol. The van der Waals surface area contributed by atoms with Crippen molar-refractivity contribution in [2.24, 2.45) is 40.4 Å². The Bertz CT molecular complexity index is 763. The first-order valence-electron chi connectivity index (χ1n) is 14.9. The summed E-state index contributed by atoms with van der Waals surface area (Å²) in [6, 6.07) is 0. The third kappa shape index (κ3) is 5.32. The van der Waals surface area contributed by atoms with Crippen LogP contribution in [-0.2, 0) is 4.52 Å². The number of unbranched alkanes of at least 4 members (excludes halogenated alkanes) is 1. The fourth-order valence-corrected chi connectivity index (χ4v) is 9.75. The molecule has 0 bridgehead atoms. The standard InChI is InChI=1S/C31H56NO2P/c1-22(2)11-9-10-12-23-14-16-27-26-15-13-24-21-25(34-35(33)29(3,4)32(7)8)17-19-31(24,6)28(26)18-20-30(23,27)5/h13,22-23,25-28,33H,9-12,14-21H2,1-8H3. The molecule has 4 aliphatic carbocycles. The smallest absolute Gasteiger partial charge is 0.189 e. The van der Waals surface area contributed by atoms with E-state index in [0.717, 1.165) is 42.4 Å². The lowest BCUT2D eigenvalue weighted by Crippen LogP contribution is -2.50. The molecule has 0 aromatic heterocycles. The first-order chi connectivity index (χ1) is 16.4. The summed E-state index contributed by atoms with van der Waals surface area (Å²) >= 11 is 0. The molecule has 8 unspecified atom stereocenters. The molecule has 0 radical (unpaired) electrons. The summed E-state index contributed by atoms with van der Waals surface area (Å²) in [5.74, 6) is 4.50. The first kappa shape index (κ1) is 28.1. The molecule has 0 heterocycles. The quantitative estimate of drug-likeness (QED) is 0.193. The molecule has 202 valence electrons. The van der Waals surface area contributed by atoms with Gasteiger partial charge in [-0.3, -0.25) is 4.90 Å². The molecule has 0 aliphatic heterocycles. The predicted octanol–water partition coefficient (Wildman–Crippen LogP) is 8.77. The van der Waals surface area contributed by atoms with E-state index < -0.39 is 8.38 Å². The van der Waals surface area contributed by atoms with Crippen LogP contribution in [0.15, 0.2) is 11.6 Å². The van der Waals surface area contributed by atoms with Gasteiger partial charge in [-0.2, -0.15) is 0 Å². The summed E-state index contributed by atoms with van der Waals surface area (Å²) in [5, 5.41) is -0.316. The molecule has 8 atom stereocenters. The van der Waals surface area contributed by atoms with Crippen molar-refractivity contribution in [1.82, 2.24) is 4.90 Å². The molecular formula is C31H56NO2P. The van der Waals surface area contributed by atoms with Gasteiger partial charge in [0.2, 0.25) is 0 Å². The molecule has 0 saturated heterocycles. The van der Waals surface area contributed by atoms with Gasteiger partial charge in [-0.05, 0) is 126 Å². The Kier molecular flexibility index (Phi) is 8.55. The lowest BCUT2D eigenvalue weighted by Gasteiger charge is -2.58. The molecule has 3 saturated carbocycles. The van der Waals surface area contributed by atoms with Crippen LogP contribution in [0.1, 0.15) is 119 Å². The normalized spacial score (nSPS) is 40.3. The van der Waals surface area contributed by atoms with E-state index in [1.807, 2.05) is 14.1 Å². The summed E-state index contributed by atoms with van der Waals surface area (Å²) in [6.07, 6.45) is 19.1. The maximum absolute atomic E-state index is 10.9. The van der Waals surface area contributed by atoms with Crippen LogP contribution in [0.5, 0.6) is 0 Å². The van der Waals surface area contributed by atoms with Crippen LogP contribution in [0.3, 0.4) is 0 Å². The van der Waals surface area contributed by atoms with Crippen LogP contribution in [-0.4, -0.2) is 35.3 Å². The largest absolute Gasteiger partial charge is 0.349 e. The highest BCUT2D eigenvalue weighted by Gasteiger charge is 2.58. The van der Waals surface area contributed by atoms with Crippen molar-refractivity contribution in [2.45, 2.75) is 130 Å². The van der Waals surface area contributed by atoms with Gasteiger partial charge in [0.05, 0.1) is 11.4 Å². The number of nitrogens with zero attached hydrogens (tertiary/aromatic N) is 1. The molecule has 3 fully saturated rings. The SMILES string of the molecule is CC(C)CCCCC1CCC2C3CC=C4CC(OP(O)C(C)(C)N(C)C)CCC4(C)C3CCC12C. The van der Waals surface area contributed by atoms with Crippen molar-refractivity contribution in [2.75, 3.05) is 14.1 Å². The predicted molar refractivity (Wildman–Crippen MR) is 150 cm³/mol. The second-order valence-electron chi connectivity index (χ2n) is 14.4. The highest BCUT2D eigenvalue weighted by atomic mass is 31.2. The van der Waals surface area contributed by atoms with Crippen LogP contribution in [0.2, 0.25) is 0 Å². The molecule has 4 aliphatic rings. The highest BCUT2D eigenvalue weighted by Crippen LogP contribution is 2.67. The maximum Gasteiger partial charge on any atom is 0.189 e. The Balaban J connectivity index is 1.40. The molecule has 35 heavy (non-hydrogen) atoms. The van der Waals surface area contributed by atoms with Crippen molar-refractivity contribution in [3.63, 3.8) is 0 Å². The Morgan fingerprint density at radius 1 is 1.09 bits per heavy atom. The Labute approximate surface area is 218 Å². The van der Waals surface area contributed by atoms with E-state index in [1.165, 1.54) is 64.2 Å². The molecule has 0 aromatic rings. The number of hydrogen-bond acceptors (Lipinski definition) is 3. The van der Waals surface area contributed by atoms with Crippen LogP contribution in [0.4, 0.5) is 0 Å². The van der Waals surface area contributed by atoms with E-state index in [9.17, 15) is 4.89 Å². The number of fused-ring (bicyclic) bond motifs is 5. The zero-order valence-corrected chi connectivity index (χ0v) is 25.2. The van der Waals surface area contributed by atoms with Gasteiger partial charge in [0, 0.05) is 0 Å². The molecule has 3 nitrogen and oxygen atoms in total. The third-order valence-corrected chi connectivity index (χ3v) is 13.5. The topological polar surface area (TPSA) is 32.7 Å². The van der Waals surface area contributed by atoms with E-state index in [-0.39, 0.29) is 11.4 Å². The van der Waals surface area contributed by atoms with Gasteiger partial charge in [0.25, 0.3) is 0 Å². The summed E-state index contributed by atoms with van der Waals surface area (Å²) in [5.41, 5.74) is 2.60. The first-order valence-corrected chi connectivity index (χ1v) is 16.1. The average Bonchev–Trinajstić information content (AvgIpc) is 3.13. The van der Waals surface area contributed by atoms with Crippen LogP contribution < -0.4 is 0 Å². The van der Waals surface area contributed by atoms with Gasteiger partial charge in [-0.15, -0.1) is 0 Å². The minimum atomic E-state index is -1.47. The van der Waals surface area contributed by atoms with Gasteiger partial charge in [-0.1, -0.05) is 58.6 Å². The van der Waals surface area contributed by atoms with Crippen molar-refractivity contribution < 1.29 is 9.42 Å². The number of allylic oxidation sites excluding steroid dienone is 1. The number of rotatable bonds is 9. The van der Waals surface area contributed by atoms with E-state index in [4.69, 9.17) is 4.52 Å². The van der Waals surface area contributed by atoms with Gasteiger partial charge in [0.15, 0.2) is 8.38 Å². The molecule has 1 N–H and O–H groups in total. The van der Waals surface area contributed by atoms with Crippen molar-refractivity contribution in [3.8, 4) is 0 Å². The van der Waals surface area contributed by atoms with E-state index >= 15 is 0 Å². The molecule has 0 amide bonds. The van der Waals surface area contributed by atoms with Gasteiger partial charge >= 0.3 is 0 Å². The van der Waals surface area contributed by atoms with Gasteiger partial charge in [-0.25, -0.2) is 0 Å². The van der Waals surface area contributed by atoms with Gasteiger partial charge < -0.3 is 9.42 Å². The van der Waals surface area contributed by atoms with E-state index in [2.05, 4.69) is 52.5 Å². The number of hydrogen-bond donors (Lipinski definition) is 1. The van der Waals surface area contributed by atoms with Crippen molar-refractivity contribution in [3.05, 3.63) is 11.6 Å². The summed E-state index contributed by atoms with van der Waals surface area (Å²) < 4.78 is 6.35. The third-order valence-electron chi connectivity index (χ3n) is 11.7. The molecule has 4 heteroatoms. The van der Waals surface area contributed by atoms with Crippen LogP contribution >= 0.6 is 8.38 Å². The lowest BCUT2D eigenvalue weighted by molar-refractivity contribution is -0.0495. The van der Waals surface area contributed by atoms with Crippen molar-refractivity contribution >= 4 is 8.38 Å². The molecule has 0 spiro atoms. The molecule has 0 aromatic carbocycles. The monoisotopic (exact) mass is 505 g/mol. The minimum Gasteiger partial charge on any atom is -0.349 e. The van der Waals surface area contributed by atoms with Crippen LogP contribution in [0.25, 0.3) is 0 Å². The Morgan fingerprint density at radius 2 is 1.83 bits per heavy atom. The second kappa shape index (κ2) is 10.7. The van der Waals surface area contributed by atoms with Gasteiger partial charge in [0.1, 0.15) is 0 Å². The second-order valence-corrected chi connectivity index (χ2v) is 16.2. The highest BCUT2D eigenvalue weighted by molar-refractivity contribution is 7.47. The molecular weight excluding hydrogens is 449 g/mol. The Morgan fingerprint density at radius 3 is 2.51 bits per heavy atom. The fourth-order valence-electron chi connectivity index (χ4n) is 8.69.